The number of aldehydes is 1. The molecule has 6 nitrogen and oxygen atoms in total. The largest absolute Gasteiger partial charge is 0.550 e. The summed E-state index contributed by atoms with van der Waals surface area (Å²) in [5, 5.41) is 21.5. The van der Waals surface area contributed by atoms with Gasteiger partial charge in [-0.3, -0.25) is 4.79 Å². The van der Waals surface area contributed by atoms with E-state index in [0.29, 0.717) is 5.56 Å². The monoisotopic (exact) mass is 267 g/mol. The molecule has 6 heteroatoms. The van der Waals surface area contributed by atoms with Crippen molar-refractivity contribution in [2.75, 3.05) is 12.4 Å². The lowest BCUT2D eigenvalue weighted by molar-refractivity contribution is -0.322. The number of carboxylic acids is 2. The van der Waals surface area contributed by atoms with E-state index in [-0.39, 0.29) is 0 Å². The fourth-order valence-corrected chi connectivity index (χ4v) is 0.846. The molecule has 106 valence electrons. The van der Waals surface area contributed by atoms with Crippen molar-refractivity contribution in [3.8, 4) is 0 Å². The SMILES string of the molecule is CC.CNc1ccc(C=O)cc1.O=C([O-])CC(=O)[O-]. The van der Waals surface area contributed by atoms with E-state index < -0.39 is 18.4 Å². The minimum Gasteiger partial charge on any atom is -0.550 e. The third-order valence-electron chi connectivity index (χ3n) is 1.62. The van der Waals surface area contributed by atoms with Crippen molar-refractivity contribution in [3.05, 3.63) is 29.8 Å². The van der Waals surface area contributed by atoms with Gasteiger partial charge in [-0.2, -0.15) is 0 Å². The Morgan fingerprint density at radius 1 is 1.11 bits per heavy atom. The van der Waals surface area contributed by atoms with Gasteiger partial charge in [0.2, 0.25) is 0 Å². The molecule has 0 amide bonds. The maximum absolute atomic E-state index is 10.2. The highest BCUT2D eigenvalue weighted by atomic mass is 16.4. The molecular formula is C13H17NO5-2. The normalized spacial score (nSPS) is 7.95. The fourth-order valence-electron chi connectivity index (χ4n) is 0.846. The van der Waals surface area contributed by atoms with E-state index in [0.717, 1.165) is 12.0 Å². The van der Waals surface area contributed by atoms with Gasteiger partial charge in [0.25, 0.3) is 0 Å². The van der Waals surface area contributed by atoms with E-state index in [4.69, 9.17) is 0 Å². The minimum atomic E-state index is -1.63. The van der Waals surface area contributed by atoms with Crippen LogP contribution >= 0.6 is 0 Å². The molecule has 0 heterocycles. The van der Waals surface area contributed by atoms with E-state index >= 15 is 0 Å². The lowest BCUT2D eigenvalue weighted by Gasteiger charge is -1.99. The fraction of sp³-hybridized carbons (Fsp3) is 0.308. The Labute approximate surface area is 112 Å². The van der Waals surface area contributed by atoms with Crippen LogP contribution < -0.4 is 15.5 Å². The summed E-state index contributed by atoms with van der Waals surface area (Å²) in [6.45, 7) is 4.00. The molecule has 1 rings (SSSR count). The summed E-state index contributed by atoms with van der Waals surface area (Å²) >= 11 is 0. The zero-order valence-electron chi connectivity index (χ0n) is 11.1. The van der Waals surface area contributed by atoms with Crippen LogP contribution in [0.1, 0.15) is 30.6 Å². The van der Waals surface area contributed by atoms with E-state index in [1.807, 2.05) is 33.0 Å². The second-order valence-corrected chi connectivity index (χ2v) is 2.91. The molecule has 0 aliphatic rings. The van der Waals surface area contributed by atoms with Gasteiger partial charge < -0.3 is 25.1 Å². The van der Waals surface area contributed by atoms with Crippen LogP contribution in [-0.2, 0) is 9.59 Å². The minimum absolute atomic E-state index is 0.707. The van der Waals surface area contributed by atoms with E-state index in [1.165, 1.54) is 0 Å². The number of carbonyl (C=O) groups excluding carboxylic acids is 3. The molecule has 0 spiro atoms. The number of hydrogen-bond acceptors (Lipinski definition) is 6. The lowest BCUT2D eigenvalue weighted by atomic mass is 10.2. The first-order valence-electron chi connectivity index (χ1n) is 5.62. The molecule has 0 unspecified atom stereocenters. The van der Waals surface area contributed by atoms with Crippen molar-refractivity contribution in [2.45, 2.75) is 20.3 Å². The number of nitrogens with one attached hydrogen (secondary N) is 1. The van der Waals surface area contributed by atoms with Gasteiger partial charge in [0, 0.05) is 36.7 Å². The summed E-state index contributed by atoms with van der Waals surface area (Å²) in [6, 6.07) is 7.28. The Morgan fingerprint density at radius 2 is 1.53 bits per heavy atom. The van der Waals surface area contributed by atoms with Gasteiger partial charge in [-0.25, -0.2) is 0 Å². The van der Waals surface area contributed by atoms with Crippen molar-refractivity contribution < 1.29 is 24.6 Å². The molecule has 0 bridgehead atoms. The number of carbonyl (C=O) groups is 3. The van der Waals surface area contributed by atoms with Gasteiger partial charge in [0.05, 0.1) is 0 Å². The van der Waals surface area contributed by atoms with Crippen LogP contribution in [0.15, 0.2) is 24.3 Å². The Kier molecular flexibility index (Phi) is 12.1. The third kappa shape index (κ3) is 11.9. The van der Waals surface area contributed by atoms with Gasteiger partial charge >= 0.3 is 0 Å². The summed E-state index contributed by atoms with van der Waals surface area (Å²) in [5.74, 6) is -3.25. The number of anilines is 1. The highest BCUT2D eigenvalue weighted by Crippen LogP contribution is 2.05. The van der Waals surface area contributed by atoms with Gasteiger partial charge in [-0.15, -0.1) is 0 Å². The molecule has 0 atom stereocenters. The first-order chi connectivity index (χ1) is 8.99. The molecule has 1 aromatic carbocycles. The Hall–Kier alpha value is -2.37. The van der Waals surface area contributed by atoms with Crippen molar-refractivity contribution in [2.24, 2.45) is 0 Å². The predicted molar refractivity (Wildman–Crippen MR) is 67.4 cm³/mol. The highest BCUT2D eigenvalue weighted by molar-refractivity contribution is 5.86. The first-order valence-corrected chi connectivity index (χ1v) is 5.62. The number of hydrogen-bond donors (Lipinski definition) is 1. The third-order valence-corrected chi connectivity index (χ3v) is 1.62. The Morgan fingerprint density at radius 3 is 1.74 bits per heavy atom. The Bertz CT molecular complexity index is 375. The molecule has 1 N–H and O–H groups in total. The molecular weight excluding hydrogens is 250 g/mol. The average Bonchev–Trinajstić information content (AvgIpc) is 2.40. The molecule has 1 aromatic rings. The smallest absolute Gasteiger partial charge is 0.150 e. The van der Waals surface area contributed by atoms with Crippen LogP contribution in [0.4, 0.5) is 5.69 Å². The van der Waals surface area contributed by atoms with Gasteiger partial charge in [0.15, 0.2) is 0 Å². The summed E-state index contributed by atoms with van der Waals surface area (Å²) < 4.78 is 0. The molecule has 0 saturated carbocycles. The second-order valence-electron chi connectivity index (χ2n) is 2.91. The molecule has 0 saturated heterocycles. The van der Waals surface area contributed by atoms with Crippen LogP contribution in [0.3, 0.4) is 0 Å². The van der Waals surface area contributed by atoms with E-state index in [1.54, 1.807) is 12.1 Å². The van der Waals surface area contributed by atoms with Crippen molar-refractivity contribution >= 4 is 23.9 Å². The summed E-state index contributed by atoms with van der Waals surface area (Å²) in [5.41, 5.74) is 1.73. The standard InChI is InChI=1S/C8H9NO.C3H4O4.C2H6/c1-9-8-4-2-7(6-10)3-5-8;4-2(5)1-3(6)7;1-2/h2-6,9H,1H3;1H2,(H,4,5)(H,6,7);1-2H3/p-2. The average molecular weight is 267 g/mol. The number of benzene rings is 1. The maximum atomic E-state index is 10.2. The maximum Gasteiger partial charge on any atom is 0.150 e. The van der Waals surface area contributed by atoms with Crippen molar-refractivity contribution in [3.63, 3.8) is 0 Å². The lowest BCUT2D eigenvalue weighted by Crippen LogP contribution is -2.32. The molecule has 0 aromatic heterocycles. The van der Waals surface area contributed by atoms with Gasteiger partial charge in [0.1, 0.15) is 6.29 Å². The number of carboxylic acid groups (broad SMARTS) is 2. The molecule has 0 aliphatic heterocycles. The van der Waals surface area contributed by atoms with Crippen LogP contribution in [0.2, 0.25) is 0 Å². The topological polar surface area (TPSA) is 109 Å². The van der Waals surface area contributed by atoms with E-state index in [2.05, 4.69) is 5.32 Å². The Balaban J connectivity index is 0. The van der Waals surface area contributed by atoms with Crippen LogP contribution in [-0.4, -0.2) is 25.3 Å². The molecule has 0 fully saturated rings. The summed E-state index contributed by atoms with van der Waals surface area (Å²) in [4.78, 5) is 28.7. The quantitative estimate of drug-likeness (QED) is 0.578. The molecule has 0 aliphatic carbocycles. The highest BCUT2D eigenvalue weighted by Gasteiger charge is 1.88. The second kappa shape index (κ2) is 12.1. The van der Waals surface area contributed by atoms with Gasteiger partial charge in [-0.05, 0) is 24.3 Å². The first kappa shape index (κ1) is 19.0. The van der Waals surface area contributed by atoms with Crippen molar-refractivity contribution in [1.29, 1.82) is 0 Å². The summed E-state index contributed by atoms with van der Waals surface area (Å²) in [7, 11) is 1.84. The number of aliphatic carboxylic acids is 2. The van der Waals surface area contributed by atoms with Gasteiger partial charge in [-0.1, -0.05) is 13.8 Å². The molecule has 19 heavy (non-hydrogen) atoms. The predicted octanol–water partition coefficient (Wildman–Crippen LogP) is -0.557. The summed E-state index contributed by atoms with van der Waals surface area (Å²) in [6.07, 6.45) is -0.195. The molecule has 0 radical (unpaired) electrons. The van der Waals surface area contributed by atoms with Crippen molar-refractivity contribution in [1.82, 2.24) is 0 Å². The zero-order chi connectivity index (χ0) is 15.3. The van der Waals surface area contributed by atoms with E-state index in [9.17, 15) is 24.6 Å². The van der Waals surface area contributed by atoms with Crippen LogP contribution in [0.25, 0.3) is 0 Å². The van der Waals surface area contributed by atoms with Crippen LogP contribution in [0, 0.1) is 0 Å². The zero-order valence-corrected chi connectivity index (χ0v) is 11.1. The van der Waals surface area contributed by atoms with Crippen LogP contribution in [0.5, 0.6) is 0 Å². The number of rotatable bonds is 4.